The van der Waals surface area contributed by atoms with Crippen LogP contribution in [0.15, 0.2) is 24.3 Å². The molecule has 2 aliphatic heterocycles. The SMILES string of the molecule is O=C(C1CCCCC1)N1CCN(S(=O)(=O)N2CCc3ccccc3C2)CC1. The summed E-state index contributed by atoms with van der Waals surface area (Å²) in [5, 5.41) is 0. The summed E-state index contributed by atoms with van der Waals surface area (Å²) in [6.07, 6.45) is 6.25. The van der Waals surface area contributed by atoms with E-state index in [0.717, 1.165) is 37.7 Å². The first kappa shape index (κ1) is 18.9. The standard InChI is InChI=1S/C20H29N3O3S/c24-20(18-7-2-1-3-8-18)21-12-14-22(15-13-21)27(25,26)23-11-10-17-6-4-5-9-19(17)16-23/h4-6,9,18H,1-3,7-8,10-16H2. The van der Waals surface area contributed by atoms with Gasteiger partial charge in [-0.25, -0.2) is 0 Å². The van der Waals surface area contributed by atoms with Crippen LogP contribution in [0.2, 0.25) is 0 Å². The van der Waals surface area contributed by atoms with Crippen molar-refractivity contribution in [2.24, 2.45) is 5.92 Å². The lowest BCUT2D eigenvalue weighted by Crippen LogP contribution is -2.55. The molecule has 2 fully saturated rings. The maximum Gasteiger partial charge on any atom is 0.282 e. The number of fused-ring (bicyclic) bond motifs is 1. The van der Waals surface area contributed by atoms with Crippen LogP contribution in [0, 0.1) is 5.92 Å². The third kappa shape index (κ3) is 3.91. The van der Waals surface area contributed by atoms with Crippen LogP contribution in [-0.4, -0.2) is 60.6 Å². The van der Waals surface area contributed by atoms with E-state index in [1.54, 1.807) is 8.61 Å². The minimum Gasteiger partial charge on any atom is -0.340 e. The normalized spacial score (nSPS) is 23.2. The van der Waals surface area contributed by atoms with Gasteiger partial charge in [0.05, 0.1) is 0 Å². The highest BCUT2D eigenvalue weighted by Crippen LogP contribution is 2.27. The highest BCUT2D eigenvalue weighted by molar-refractivity contribution is 7.86. The van der Waals surface area contributed by atoms with Crippen molar-refractivity contribution in [3.63, 3.8) is 0 Å². The molecule has 1 aliphatic carbocycles. The zero-order valence-electron chi connectivity index (χ0n) is 15.8. The monoisotopic (exact) mass is 391 g/mol. The van der Waals surface area contributed by atoms with E-state index in [4.69, 9.17) is 0 Å². The number of hydrogen-bond donors (Lipinski definition) is 0. The molecule has 0 atom stereocenters. The van der Waals surface area contributed by atoms with Gasteiger partial charge in [-0.2, -0.15) is 17.0 Å². The van der Waals surface area contributed by atoms with Crippen molar-refractivity contribution in [2.45, 2.75) is 45.1 Å². The van der Waals surface area contributed by atoms with E-state index in [1.165, 1.54) is 12.0 Å². The zero-order chi connectivity index (χ0) is 18.9. The smallest absolute Gasteiger partial charge is 0.282 e. The highest BCUT2D eigenvalue weighted by atomic mass is 32.2. The molecule has 0 spiro atoms. The second-order valence-electron chi connectivity index (χ2n) is 7.92. The van der Waals surface area contributed by atoms with Crippen LogP contribution >= 0.6 is 0 Å². The Morgan fingerprint density at radius 3 is 2.22 bits per heavy atom. The van der Waals surface area contributed by atoms with E-state index in [1.807, 2.05) is 23.1 Å². The summed E-state index contributed by atoms with van der Waals surface area (Å²) in [6.45, 7) is 2.80. The molecule has 7 heteroatoms. The number of rotatable bonds is 3. The predicted octanol–water partition coefficient (Wildman–Crippen LogP) is 2.01. The summed E-state index contributed by atoms with van der Waals surface area (Å²) >= 11 is 0. The van der Waals surface area contributed by atoms with E-state index < -0.39 is 10.2 Å². The van der Waals surface area contributed by atoms with E-state index in [9.17, 15) is 13.2 Å². The number of piperazine rings is 1. The van der Waals surface area contributed by atoms with Gasteiger partial charge in [0.15, 0.2) is 0 Å². The van der Waals surface area contributed by atoms with Crippen molar-refractivity contribution in [1.29, 1.82) is 0 Å². The fourth-order valence-corrected chi connectivity index (χ4v) is 6.15. The van der Waals surface area contributed by atoms with Crippen molar-refractivity contribution >= 4 is 16.1 Å². The summed E-state index contributed by atoms with van der Waals surface area (Å²) in [6, 6.07) is 8.06. The Kier molecular flexibility index (Phi) is 5.53. The number of nitrogens with zero attached hydrogens (tertiary/aromatic N) is 3. The first-order valence-corrected chi connectivity index (χ1v) is 11.6. The number of carbonyl (C=O) groups excluding carboxylic acids is 1. The van der Waals surface area contributed by atoms with Crippen LogP contribution < -0.4 is 0 Å². The van der Waals surface area contributed by atoms with Gasteiger partial charge in [-0.1, -0.05) is 43.5 Å². The van der Waals surface area contributed by atoms with E-state index in [2.05, 4.69) is 6.07 Å². The highest BCUT2D eigenvalue weighted by Gasteiger charge is 2.36. The summed E-state index contributed by atoms with van der Waals surface area (Å²) < 4.78 is 29.3. The molecule has 0 N–H and O–H groups in total. The van der Waals surface area contributed by atoms with Gasteiger partial charge in [0.25, 0.3) is 10.2 Å². The van der Waals surface area contributed by atoms with Gasteiger partial charge in [-0.3, -0.25) is 4.79 Å². The molecular formula is C20H29N3O3S. The molecule has 1 amide bonds. The fourth-order valence-electron chi connectivity index (χ4n) is 4.58. The van der Waals surface area contributed by atoms with Crippen molar-refractivity contribution < 1.29 is 13.2 Å². The van der Waals surface area contributed by atoms with Gasteiger partial charge in [0.1, 0.15) is 0 Å². The van der Waals surface area contributed by atoms with Crippen LogP contribution in [0.1, 0.15) is 43.2 Å². The third-order valence-corrected chi connectivity index (χ3v) is 8.23. The van der Waals surface area contributed by atoms with Crippen LogP contribution in [0.4, 0.5) is 0 Å². The van der Waals surface area contributed by atoms with Crippen LogP contribution in [0.25, 0.3) is 0 Å². The van der Waals surface area contributed by atoms with Crippen LogP contribution in [0.5, 0.6) is 0 Å². The first-order chi connectivity index (χ1) is 13.1. The molecule has 0 bridgehead atoms. The molecule has 0 radical (unpaired) electrons. The van der Waals surface area contributed by atoms with Crippen LogP contribution in [0.3, 0.4) is 0 Å². The van der Waals surface area contributed by atoms with Gasteiger partial charge in [0.2, 0.25) is 5.91 Å². The van der Waals surface area contributed by atoms with Crippen molar-refractivity contribution in [1.82, 2.24) is 13.5 Å². The average molecular weight is 392 g/mol. The molecule has 1 saturated heterocycles. The maximum atomic E-state index is 13.1. The summed E-state index contributed by atoms with van der Waals surface area (Å²) in [5.74, 6) is 0.388. The Bertz CT molecular complexity index is 781. The number of hydrogen-bond acceptors (Lipinski definition) is 3. The van der Waals surface area contributed by atoms with Gasteiger partial charge < -0.3 is 4.90 Å². The van der Waals surface area contributed by atoms with E-state index in [-0.39, 0.29) is 11.8 Å². The van der Waals surface area contributed by atoms with Crippen LogP contribution in [-0.2, 0) is 28.0 Å². The van der Waals surface area contributed by atoms with Crippen molar-refractivity contribution in [2.75, 3.05) is 32.7 Å². The Morgan fingerprint density at radius 2 is 1.52 bits per heavy atom. The number of carbonyl (C=O) groups is 1. The average Bonchev–Trinajstić information content (AvgIpc) is 2.73. The maximum absolute atomic E-state index is 13.1. The second-order valence-corrected chi connectivity index (χ2v) is 9.85. The minimum atomic E-state index is -3.47. The predicted molar refractivity (Wildman–Crippen MR) is 104 cm³/mol. The zero-order valence-corrected chi connectivity index (χ0v) is 16.7. The Labute approximate surface area is 162 Å². The van der Waals surface area contributed by atoms with Gasteiger partial charge in [-0.15, -0.1) is 0 Å². The summed E-state index contributed by atoms with van der Waals surface area (Å²) in [5.41, 5.74) is 2.34. The molecule has 0 unspecified atom stereocenters. The molecule has 1 saturated carbocycles. The molecule has 0 aromatic heterocycles. The van der Waals surface area contributed by atoms with Crippen molar-refractivity contribution in [3.05, 3.63) is 35.4 Å². The summed E-state index contributed by atoms with van der Waals surface area (Å²) in [4.78, 5) is 14.6. The lowest BCUT2D eigenvalue weighted by atomic mass is 9.88. The summed E-state index contributed by atoms with van der Waals surface area (Å²) in [7, 11) is -3.47. The van der Waals surface area contributed by atoms with Gasteiger partial charge in [0, 0.05) is 45.2 Å². The second kappa shape index (κ2) is 7.89. The molecule has 1 aromatic rings. The lowest BCUT2D eigenvalue weighted by molar-refractivity contribution is -0.137. The quantitative estimate of drug-likeness (QED) is 0.792. The Morgan fingerprint density at radius 1 is 0.852 bits per heavy atom. The molecular weight excluding hydrogens is 362 g/mol. The lowest BCUT2D eigenvalue weighted by Gasteiger charge is -2.39. The Hall–Kier alpha value is -1.44. The fraction of sp³-hybridized carbons (Fsp3) is 0.650. The van der Waals surface area contributed by atoms with Gasteiger partial charge >= 0.3 is 0 Å². The number of benzene rings is 1. The largest absolute Gasteiger partial charge is 0.340 e. The minimum absolute atomic E-state index is 0.153. The molecule has 6 nitrogen and oxygen atoms in total. The first-order valence-electron chi connectivity index (χ1n) is 10.2. The van der Waals surface area contributed by atoms with Crippen molar-refractivity contribution in [3.8, 4) is 0 Å². The molecule has 27 heavy (non-hydrogen) atoms. The molecule has 3 aliphatic rings. The molecule has 148 valence electrons. The number of amides is 1. The van der Waals surface area contributed by atoms with E-state index in [0.29, 0.717) is 39.3 Å². The molecule has 4 rings (SSSR count). The van der Waals surface area contributed by atoms with E-state index >= 15 is 0 Å². The molecule has 2 heterocycles. The Balaban J connectivity index is 1.37. The topological polar surface area (TPSA) is 60.9 Å². The molecule has 1 aromatic carbocycles. The third-order valence-electron chi connectivity index (χ3n) is 6.25. The van der Waals surface area contributed by atoms with Gasteiger partial charge in [-0.05, 0) is 30.4 Å².